The fraction of sp³-hybridized carbons (Fsp3) is 0.367. The molecule has 1 aliphatic heterocycles. The highest BCUT2D eigenvalue weighted by Gasteiger charge is 2.27. The molecule has 0 spiro atoms. The molecule has 0 atom stereocenters. The summed E-state index contributed by atoms with van der Waals surface area (Å²) in [5.74, 6) is 1.27. The van der Waals surface area contributed by atoms with Crippen LogP contribution in [0.1, 0.15) is 39.2 Å². The van der Waals surface area contributed by atoms with Gasteiger partial charge in [-0.3, -0.25) is 9.89 Å². The normalized spacial score (nSPS) is 14.4. The number of aromatic nitrogens is 3. The van der Waals surface area contributed by atoms with Gasteiger partial charge in [0.15, 0.2) is 5.82 Å². The summed E-state index contributed by atoms with van der Waals surface area (Å²) in [5.41, 5.74) is 8.97. The molecule has 4 aromatic rings. The smallest absolute Gasteiger partial charge is 0.410 e. The molecule has 1 fully saturated rings. The van der Waals surface area contributed by atoms with E-state index in [-0.39, 0.29) is 17.6 Å². The van der Waals surface area contributed by atoms with Crippen LogP contribution in [0.4, 0.5) is 10.6 Å². The molecule has 0 bridgehead atoms. The maximum Gasteiger partial charge on any atom is 0.410 e. The quantitative estimate of drug-likeness (QED) is 0.311. The molecule has 1 saturated heterocycles. The van der Waals surface area contributed by atoms with E-state index in [1.54, 1.807) is 27.7 Å². The third kappa shape index (κ3) is 6.42. The number of hydrogen-bond donors (Lipinski definition) is 2. The van der Waals surface area contributed by atoms with Gasteiger partial charge in [0, 0.05) is 30.4 Å². The number of ether oxygens (including phenoxy) is 2. The number of piperidine rings is 1. The molecule has 1 aliphatic rings. The molecule has 5 rings (SSSR count). The molecule has 9 nitrogen and oxygen atoms in total. The Balaban J connectivity index is 1.33. The van der Waals surface area contributed by atoms with Gasteiger partial charge in [-0.15, -0.1) is 0 Å². The minimum atomic E-state index is -0.513. The zero-order valence-electron chi connectivity index (χ0n) is 22.9. The van der Waals surface area contributed by atoms with Crippen LogP contribution in [0.25, 0.3) is 22.0 Å². The van der Waals surface area contributed by atoms with Crippen molar-refractivity contribution in [3.05, 3.63) is 75.7 Å². The summed E-state index contributed by atoms with van der Waals surface area (Å²) in [7, 11) is 0. The average Bonchev–Trinajstić information content (AvgIpc) is 3.28. The van der Waals surface area contributed by atoms with Crippen molar-refractivity contribution < 1.29 is 14.3 Å². The zero-order chi connectivity index (χ0) is 28.4. The fourth-order valence-electron chi connectivity index (χ4n) is 4.90. The number of hydrogen-bond acceptors (Lipinski definition) is 6. The Morgan fingerprint density at radius 3 is 2.62 bits per heavy atom. The Labute approximate surface area is 237 Å². The van der Waals surface area contributed by atoms with Crippen molar-refractivity contribution in [1.82, 2.24) is 19.7 Å². The fourth-order valence-corrected chi connectivity index (χ4v) is 5.11. The second kappa shape index (κ2) is 11.3. The number of halogens is 1. The van der Waals surface area contributed by atoms with Gasteiger partial charge in [0.2, 0.25) is 0 Å². The van der Waals surface area contributed by atoms with E-state index in [9.17, 15) is 9.59 Å². The highest BCUT2D eigenvalue weighted by atomic mass is 35.5. The van der Waals surface area contributed by atoms with Crippen LogP contribution < -0.4 is 16.0 Å². The minimum Gasteiger partial charge on any atom is -0.492 e. The van der Waals surface area contributed by atoms with Crippen molar-refractivity contribution in [1.29, 1.82) is 0 Å². The summed E-state index contributed by atoms with van der Waals surface area (Å²) in [5, 5.41) is 8.53. The lowest BCUT2D eigenvalue weighted by Crippen LogP contribution is -2.42. The van der Waals surface area contributed by atoms with E-state index in [0.717, 1.165) is 40.4 Å². The van der Waals surface area contributed by atoms with Crippen molar-refractivity contribution in [3.8, 4) is 16.9 Å². The molecule has 3 N–H and O–H groups in total. The lowest BCUT2D eigenvalue weighted by molar-refractivity contribution is 0.0165. The van der Waals surface area contributed by atoms with Crippen LogP contribution in [0.3, 0.4) is 0 Å². The summed E-state index contributed by atoms with van der Waals surface area (Å²) in [6.07, 6.45) is 3.19. The minimum absolute atomic E-state index is 0.107. The monoisotopic (exact) mass is 563 g/mol. The van der Waals surface area contributed by atoms with Gasteiger partial charge in [-0.1, -0.05) is 23.7 Å². The predicted molar refractivity (Wildman–Crippen MR) is 157 cm³/mol. The number of aromatic amines is 1. The number of likely N-dealkylation sites (tertiary alicyclic amines) is 1. The number of nitrogens with two attached hydrogens (primary N) is 1. The lowest BCUT2D eigenvalue weighted by Gasteiger charge is -2.33. The molecule has 10 heteroatoms. The third-order valence-corrected chi connectivity index (χ3v) is 7.19. The number of carbonyl (C=O) groups excluding carboxylic acids is 1. The number of nitrogens with one attached hydrogen (secondary N) is 1. The molecule has 0 saturated carbocycles. The van der Waals surface area contributed by atoms with Crippen LogP contribution >= 0.6 is 11.6 Å². The topological polar surface area (TPSA) is 115 Å². The Kier molecular flexibility index (Phi) is 7.76. The number of amides is 1. The average molecular weight is 564 g/mol. The first-order valence-electron chi connectivity index (χ1n) is 13.4. The van der Waals surface area contributed by atoms with E-state index in [4.69, 9.17) is 26.8 Å². The Hall–Kier alpha value is -3.98. The number of rotatable bonds is 6. The first kappa shape index (κ1) is 27.6. The number of benzene rings is 2. The van der Waals surface area contributed by atoms with Crippen molar-refractivity contribution in [2.45, 2.75) is 45.8 Å². The van der Waals surface area contributed by atoms with Gasteiger partial charge in [0.25, 0.3) is 5.56 Å². The number of nitrogen functional groups attached to an aromatic ring is 1. The summed E-state index contributed by atoms with van der Waals surface area (Å²) >= 11 is 6.14. The van der Waals surface area contributed by atoms with E-state index in [0.29, 0.717) is 42.8 Å². The van der Waals surface area contributed by atoms with Crippen LogP contribution in [0.5, 0.6) is 5.75 Å². The highest BCUT2D eigenvalue weighted by molar-refractivity contribution is 6.30. The van der Waals surface area contributed by atoms with Crippen molar-refractivity contribution in [3.63, 3.8) is 0 Å². The molecular weight excluding hydrogens is 530 g/mol. The molecule has 0 radical (unpaired) electrons. The first-order valence-corrected chi connectivity index (χ1v) is 13.8. The maximum absolute atomic E-state index is 12.6. The predicted octanol–water partition coefficient (Wildman–Crippen LogP) is 5.70. The number of H-pyrrole nitrogens is 1. The van der Waals surface area contributed by atoms with E-state index >= 15 is 0 Å². The van der Waals surface area contributed by atoms with E-state index in [2.05, 4.69) is 10.2 Å². The third-order valence-electron chi connectivity index (χ3n) is 6.95. The Morgan fingerprint density at radius 2 is 1.90 bits per heavy atom. The van der Waals surface area contributed by atoms with Gasteiger partial charge in [0.05, 0.1) is 24.1 Å². The van der Waals surface area contributed by atoms with E-state index < -0.39 is 5.60 Å². The summed E-state index contributed by atoms with van der Waals surface area (Å²) in [6, 6.07) is 14.7. The summed E-state index contributed by atoms with van der Waals surface area (Å²) in [6.45, 7) is 7.75. The van der Waals surface area contributed by atoms with Crippen LogP contribution in [0, 0.1) is 5.92 Å². The molecular formula is C30H34ClN5O4. The number of pyridine rings is 1. The molecule has 2 aromatic carbocycles. The number of carbonyl (C=O) groups is 1. The standard InChI is InChI=1S/C30H34ClN5O4/c1-30(2,3)40-29(38)35-11-9-19(10-12-35)18-39-25-15-22(14-24-27(25)28(32)34-33-24)21-7-8-26(37)36(17-21)16-20-5-4-6-23(31)13-20/h4-8,13-15,17,19H,9-12,16,18H2,1-3H3,(H3,32,33,34). The largest absolute Gasteiger partial charge is 0.492 e. The van der Waals surface area contributed by atoms with Crippen LogP contribution in [0.2, 0.25) is 5.02 Å². The van der Waals surface area contributed by atoms with Crippen molar-refractivity contribution in [2.75, 3.05) is 25.4 Å². The Bertz CT molecular complexity index is 1580. The number of fused-ring (bicyclic) bond motifs is 1. The first-order chi connectivity index (χ1) is 19.1. The van der Waals surface area contributed by atoms with E-state index in [1.807, 2.05) is 57.3 Å². The SMILES string of the molecule is CC(C)(C)OC(=O)N1CCC(COc2cc(-c3ccc(=O)n(Cc4cccc(Cl)c4)c3)cc3[nH]nc(N)c23)CC1. The van der Waals surface area contributed by atoms with Crippen LogP contribution in [-0.2, 0) is 11.3 Å². The summed E-state index contributed by atoms with van der Waals surface area (Å²) in [4.78, 5) is 26.8. The number of nitrogens with zero attached hydrogens (tertiary/aromatic N) is 3. The van der Waals surface area contributed by atoms with Crippen LogP contribution in [0.15, 0.2) is 59.5 Å². The van der Waals surface area contributed by atoms with Gasteiger partial charge in [-0.25, -0.2) is 4.79 Å². The van der Waals surface area contributed by atoms with Gasteiger partial charge in [-0.2, -0.15) is 5.10 Å². The molecule has 1 amide bonds. The molecule has 40 heavy (non-hydrogen) atoms. The molecule has 2 aromatic heterocycles. The summed E-state index contributed by atoms with van der Waals surface area (Å²) < 4.78 is 13.5. The molecule has 0 unspecified atom stereocenters. The molecule has 210 valence electrons. The zero-order valence-corrected chi connectivity index (χ0v) is 23.7. The van der Waals surface area contributed by atoms with Gasteiger partial charge >= 0.3 is 6.09 Å². The molecule has 3 heterocycles. The Morgan fingerprint density at radius 1 is 1.12 bits per heavy atom. The molecule has 0 aliphatic carbocycles. The second-order valence-corrected chi connectivity index (χ2v) is 11.7. The van der Waals surface area contributed by atoms with Gasteiger partial charge in [-0.05, 0) is 86.6 Å². The highest BCUT2D eigenvalue weighted by Crippen LogP contribution is 2.35. The van der Waals surface area contributed by atoms with Gasteiger partial charge in [0.1, 0.15) is 11.4 Å². The maximum atomic E-state index is 12.6. The number of anilines is 1. The lowest BCUT2D eigenvalue weighted by atomic mass is 9.98. The van der Waals surface area contributed by atoms with Crippen molar-refractivity contribution in [2.24, 2.45) is 5.92 Å². The van der Waals surface area contributed by atoms with Crippen molar-refractivity contribution >= 4 is 34.4 Å². The van der Waals surface area contributed by atoms with E-state index in [1.165, 1.54) is 0 Å². The van der Waals surface area contributed by atoms with Crippen LogP contribution in [-0.4, -0.2) is 51.1 Å². The van der Waals surface area contributed by atoms with Gasteiger partial charge < -0.3 is 24.7 Å². The second-order valence-electron chi connectivity index (χ2n) is 11.2.